The van der Waals surface area contributed by atoms with Gasteiger partial charge in [-0.05, 0) is 18.1 Å². The number of benzene rings is 1. The van der Waals surface area contributed by atoms with Crippen molar-refractivity contribution in [2.24, 2.45) is 7.05 Å². The van der Waals surface area contributed by atoms with Gasteiger partial charge < -0.3 is 4.90 Å². The second-order valence-corrected chi connectivity index (χ2v) is 4.63. The van der Waals surface area contributed by atoms with Gasteiger partial charge in [0.1, 0.15) is 0 Å². The summed E-state index contributed by atoms with van der Waals surface area (Å²) in [6.45, 7) is 2.80. The summed E-state index contributed by atoms with van der Waals surface area (Å²) in [4.78, 5) is 13.9. The molecule has 4 nitrogen and oxygen atoms in total. The monoisotopic (exact) mass is 257 g/mol. The molecule has 0 saturated carbocycles. The van der Waals surface area contributed by atoms with Gasteiger partial charge >= 0.3 is 0 Å². The number of aryl methyl sites for hydroxylation is 1. The molecule has 0 saturated heterocycles. The Hall–Kier alpha value is -2.10. The highest BCUT2D eigenvalue weighted by molar-refractivity contribution is 5.93. The minimum atomic E-state index is -0.0281. The number of aromatic nitrogens is 2. The molecule has 2 rings (SSSR count). The van der Waals surface area contributed by atoms with Gasteiger partial charge in [-0.3, -0.25) is 9.48 Å². The molecule has 0 unspecified atom stereocenters. The van der Waals surface area contributed by atoms with E-state index in [-0.39, 0.29) is 5.91 Å². The van der Waals surface area contributed by atoms with Crippen LogP contribution in [0, 0.1) is 0 Å². The third-order valence-corrected chi connectivity index (χ3v) is 3.07. The SMILES string of the molecule is CCCN(C)C(=O)c1cc(-c2ccccc2)n(C)n1. The Morgan fingerprint density at radius 2 is 2.00 bits per heavy atom. The minimum absolute atomic E-state index is 0.0281. The van der Waals surface area contributed by atoms with Crippen LogP contribution in [-0.2, 0) is 7.05 Å². The first-order valence-corrected chi connectivity index (χ1v) is 6.48. The van der Waals surface area contributed by atoms with E-state index < -0.39 is 0 Å². The topological polar surface area (TPSA) is 38.1 Å². The van der Waals surface area contributed by atoms with E-state index in [4.69, 9.17) is 0 Å². The summed E-state index contributed by atoms with van der Waals surface area (Å²) in [5.41, 5.74) is 2.51. The molecule has 0 radical (unpaired) electrons. The highest BCUT2D eigenvalue weighted by Crippen LogP contribution is 2.19. The van der Waals surface area contributed by atoms with Crippen LogP contribution in [0.5, 0.6) is 0 Å². The van der Waals surface area contributed by atoms with Crippen LogP contribution in [-0.4, -0.2) is 34.2 Å². The van der Waals surface area contributed by atoms with Crippen LogP contribution in [0.4, 0.5) is 0 Å². The van der Waals surface area contributed by atoms with Gasteiger partial charge in [0, 0.05) is 20.6 Å². The Morgan fingerprint density at radius 3 is 2.63 bits per heavy atom. The first-order chi connectivity index (χ1) is 9.13. The zero-order valence-electron chi connectivity index (χ0n) is 11.6. The van der Waals surface area contributed by atoms with Crippen LogP contribution in [0.2, 0.25) is 0 Å². The van der Waals surface area contributed by atoms with Crippen molar-refractivity contribution < 1.29 is 4.79 Å². The maximum Gasteiger partial charge on any atom is 0.274 e. The number of rotatable bonds is 4. The van der Waals surface area contributed by atoms with Crippen molar-refractivity contribution in [3.63, 3.8) is 0 Å². The summed E-state index contributed by atoms with van der Waals surface area (Å²) < 4.78 is 1.75. The quantitative estimate of drug-likeness (QED) is 0.844. The van der Waals surface area contributed by atoms with Crippen molar-refractivity contribution in [1.82, 2.24) is 14.7 Å². The number of carbonyl (C=O) groups is 1. The predicted octanol–water partition coefficient (Wildman–Crippen LogP) is 2.57. The molecule has 0 aliphatic carbocycles. The second kappa shape index (κ2) is 5.69. The van der Waals surface area contributed by atoms with Gasteiger partial charge in [0.05, 0.1) is 5.69 Å². The predicted molar refractivity (Wildman–Crippen MR) is 75.9 cm³/mol. The molecule has 0 fully saturated rings. The fourth-order valence-electron chi connectivity index (χ4n) is 2.08. The summed E-state index contributed by atoms with van der Waals surface area (Å²) in [5, 5.41) is 4.32. The molecule has 0 N–H and O–H groups in total. The van der Waals surface area contributed by atoms with Crippen molar-refractivity contribution in [3.8, 4) is 11.3 Å². The molecule has 19 heavy (non-hydrogen) atoms. The lowest BCUT2D eigenvalue weighted by Crippen LogP contribution is -2.27. The van der Waals surface area contributed by atoms with Gasteiger partial charge in [-0.1, -0.05) is 37.3 Å². The van der Waals surface area contributed by atoms with E-state index in [0.29, 0.717) is 5.69 Å². The van der Waals surface area contributed by atoms with E-state index in [1.807, 2.05) is 50.5 Å². The number of nitrogens with zero attached hydrogens (tertiary/aromatic N) is 3. The molecule has 0 aliphatic rings. The summed E-state index contributed by atoms with van der Waals surface area (Å²) in [6, 6.07) is 11.8. The van der Waals surface area contributed by atoms with E-state index in [2.05, 4.69) is 12.0 Å². The number of amides is 1. The maximum absolute atomic E-state index is 12.2. The summed E-state index contributed by atoms with van der Waals surface area (Å²) in [7, 11) is 3.67. The molecule has 1 aromatic carbocycles. The van der Waals surface area contributed by atoms with Crippen molar-refractivity contribution in [2.75, 3.05) is 13.6 Å². The normalized spacial score (nSPS) is 10.5. The van der Waals surface area contributed by atoms with E-state index in [1.165, 1.54) is 0 Å². The van der Waals surface area contributed by atoms with Crippen molar-refractivity contribution in [1.29, 1.82) is 0 Å². The van der Waals surface area contributed by atoms with Gasteiger partial charge in [-0.25, -0.2) is 0 Å². The van der Waals surface area contributed by atoms with Crippen LogP contribution in [0.25, 0.3) is 11.3 Å². The Balaban J connectivity index is 2.29. The number of carbonyl (C=O) groups excluding carboxylic acids is 1. The average molecular weight is 257 g/mol. The Kier molecular flexibility index (Phi) is 4.00. The zero-order valence-corrected chi connectivity index (χ0v) is 11.6. The Bertz CT molecular complexity index is 560. The van der Waals surface area contributed by atoms with Crippen LogP contribution in [0.1, 0.15) is 23.8 Å². The van der Waals surface area contributed by atoms with Crippen molar-refractivity contribution in [3.05, 3.63) is 42.1 Å². The molecule has 4 heteroatoms. The molecule has 1 heterocycles. The fraction of sp³-hybridized carbons (Fsp3) is 0.333. The molecule has 2 aromatic rings. The summed E-state index contributed by atoms with van der Waals surface area (Å²) in [6.07, 6.45) is 0.945. The molecular formula is C15H19N3O. The van der Waals surface area contributed by atoms with Crippen molar-refractivity contribution >= 4 is 5.91 Å². The van der Waals surface area contributed by atoms with E-state index in [1.54, 1.807) is 9.58 Å². The van der Waals surface area contributed by atoms with Gasteiger partial charge in [0.2, 0.25) is 0 Å². The molecular weight excluding hydrogens is 238 g/mol. The van der Waals surface area contributed by atoms with Crippen LogP contribution < -0.4 is 0 Å². The van der Waals surface area contributed by atoms with Gasteiger partial charge in [0.15, 0.2) is 5.69 Å². The van der Waals surface area contributed by atoms with Crippen LogP contribution in [0.15, 0.2) is 36.4 Å². The first kappa shape index (κ1) is 13.3. The highest BCUT2D eigenvalue weighted by atomic mass is 16.2. The number of hydrogen-bond donors (Lipinski definition) is 0. The largest absolute Gasteiger partial charge is 0.340 e. The van der Waals surface area contributed by atoms with E-state index in [0.717, 1.165) is 24.2 Å². The summed E-state index contributed by atoms with van der Waals surface area (Å²) in [5.74, 6) is -0.0281. The standard InChI is InChI=1S/C15H19N3O/c1-4-10-17(2)15(19)13-11-14(18(3)16-13)12-8-6-5-7-9-12/h5-9,11H,4,10H2,1-3H3. The highest BCUT2D eigenvalue weighted by Gasteiger charge is 2.16. The minimum Gasteiger partial charge on any atom is -0.340 e. The lowest BCUT2D eigenvalue weighted by atomic mass is 10.1. The third-order valence-electron chi connectivity index (χ3n) is 3.07. The van der Waals surface area contributed by atoms with Crippen LogP contribution >= 0.6 is 0 Å². The summed E-state index contributed by atoms with van der Waals surface area (Å²) >= 11 is 0. The Labute approximate surface area is 113 Å². The molecule has 100 valence electrons. The molecule has 0 atom stereocenters. The molecule has 0 spiro atoms. The molecule has 0 bridgehead atoms. The van der Waals surface area contributed by atoms with Gasteiger partial charge in [0.25, 0.3) is 5.91 Å². The third kappa shape index (κ3) is 2.84. The van der Waals surface area contributed by atoms with Crippen LogP contribution in [0.3, 0.4) is 0 Å². The lowest BCUT2D eigenvalue weighted by Gasteiger charge is -2.13. The number of hydrogen-bond acceptors (Lipinski definition) is 2. The van der Waals surface area contributed by atoms with Crippen molar-refractivity contribution in [2.45, 2.75) is 13.3 Å². The average Bonchev–Trinajstić information content (AvgIpc) is 2.81. The first-order valence-electron chi connectivity index (χ1n) is 6.48. The van der Waals surface area contributed by atoms with Gasteiger partial charge in [-0.15, -0.1) is 0 Å². The smallest absolute Gasteiger partial charge is 0.274 e. The molecule has 1 aromatic heterocycles. The lowest BCUT2D eigenvalue weighted by molar-refractivity contribution is 0.0788. The Morgan fingerprint density at radius 1 is 1.32 bits per heavy atom. The van der Waals surface area contributed by atoms with Gasteiger partial charge in [-0.2, -0.15) is 5.10 Å². The fourth-order valence-corrected chi connectivity index (χ4v) is 2.08. The zero-order chi connectivity index (χ0) is 13.8. The van der Waals surface area contributed by atoms with E-state index in [9.17, 15) is 4.79 Å². The molecule has 1 amide bonds. The maximum atomic E-state index is 12.2. The molecule has 0 aliphatic heterocycles. The second-order valence-electron chi connectivity index (χ2n) is 4.63. The van der Waals surface area contributed by atoms with E-state index >= 15 is 0 Å².